The smallest absolute Gasteiger partial charge is 0.326 e. The summed E-state index contributed by atoms with van der Waals surface area (Å²) in [7, 11) is 1.53. The van der Waals surface area contributed by atoms with Crippen LogP contribution in [0, 0.1) is 11.3 Å². The molecule has 0 aliphatic heterocycles. The van der Waals surface area contributed by atoms with Crippen LogP contribution >= 0.6 is 0 Å². The van der Waals surface area contributed by atoms with Gasteiger partial charge in [-0.15, -0.1) is 0 Å². The van der Waals surface area contributed by atoms with Gasteiger partial charge in [-0.1, -0.05) is 13.3 Å². The second kappa shape index (κ2) is 7.51. The Morgan fingerprint density at radius 1 is 1.56 bits per heavy atom. The molecule has 2 N–H and O–H groups in total. The van der Waals surface area contributed by atoms with E-state index in [2.05, 4.69) is 5.32 Å². The molecule has 6 heteroatoms. The minimum atomic E-state index is -1.04. The van der Waals surface area contributed by atoms with Gasteiger partial charge in [0.1, 0.15) is 6.04 Å². The van der Waals surface area contributed by atoms with E-state index in [0.29, 0.717) is 19.4 Å². The fraction of sp³-hybridized carbons (Fsp3) is 0.700. The maximum Gasteiger partial charge on any atom is 0.326 e. The van der Waals surface area contributed by atoms with Crippen molar-refractivity contribution < 1.29 is 14.7 Å². The van der Waals surface area contributed by atoms with Crippen LogP contribution in [-0.2, 0) is 4.79 Å². The summed E-state index contributed by atoms with van der Waals surface area (Å²) in [5.74, 6) is -1.04. The van der Waals surface area contributed by atoms with Crippen molar-refractivity contribution in [3.05, 3.63) is 0 Å². The van der Waals surface area contributed by atoms with Gasteiger partial charge in [-0.2, -0.15) is 5.26 Å². The Bertz CT molecular complexity index is 286. The van der Waals surface area contributed by atoms with Crippen molar-refractivity contribution in [1.82, 2.24) is 10.2 Å². The van der Waals surface area contributed by atoms with Gasteiger partial charge in [0.2, 0.25) is 0 Å². The molecule has 1 atom stereocenters. The molecule has 2 amide bonds. The van der Waals surface area contributed by atoms with Crippen LogP contribution in [0.2, 0.25) is 0 Å². The predicted octanol–water partition coefficient (Wildman–Crippen LogP) is 0.795. The predicted molar refractivity (Wildman–Crippen MR) is 57.7 cm³/mol. The molecule has 0 spiro atoms. The molecule has 0 unspecified atom stereocenters. The molecule has 0 heterocycles. The largest absolute Gasteiger partial charge is 0.480 e. The molecular formula is C10H17N3O3. The lowest BCUT2D eigenvalue weighted by atomic mass is 10.2. The second-order valence-electron chi connectivity index (χ2n) is 3.46. The van der Waals surface area contributed by atoms with Crippen molar-refractivity contribution in [2.45, 2.75) is 32.2 Å². The number of nitrogens with zero attached hydrogens (tertiary/aromatic N) is 2. The summed E-state index contributed by atoms with van der Waals surface area (Å²) < 4.78 is 0. The molecule has 90 valence electrons. The monoisotopic (exact) mass is 227 g/mol. The molecule has 16 heavy (non-hydrogen) atoms. The summed E-state index contributed by atoms with van der Waals surface area (Å²) in [6.07, 6.45) is 1.31. The molecule has 0 aromatic carbocycles. The van der Waals surface area contributed by atoms with Crippen molar-refractivity contribution in [3.63, 3.8) is 0 Å². The van der Waals surface area contributed by atoms with Gasteiger partial charge in [-0.25, -0.2) is 9.59 Å². The normalized spacial score (nSPS) is 11.3. The molecule has 0 saturated carbocycles. The van der Waals surface area contributed by atoms with E-state index in [1.165, 1.54) is 11.9 Å². The highest BCUT2D eigenvalue weighted by molar-refractivity contribution is 5.82. The first-order valence-corrected chi connectivity index (χ1v) is 5.14. The molecular weight excluding hydrogens is 210 g/mol. The van der Waals surface area contributed by atoms with Crippen LogP contribution in [0.3, 0.4) is 0 Å². The van der Waals surface area contributed by atoms with Gasteiger partial charge in [0, 0.05) is 13.6 Å². The third-order valence-corrected chi connectivity index (χ3v) is 2.08. The van der Waals surface area contributed by atoms with E-state index in [9.17, 15) is 9.59 Å². The number of carboxylic acids is 1. The number of nitrogens with one attached hydrogen (secondary N) is 1. The van der Waals surface area contributed by atoms with Crippen molar-refractivity contribution in [2.24, 2.45) is 0 Å². The highest BCUT2D eigenvalue weighted by Crippen LogP contribution is 1.98. The number of urea groups is 1. The van der Waals surface area contributed by atoms with Gasteiger partial charge < -0.3 is 15.3 Å². The SMILES string of the molecule is CCC[C@H](NC(=O)N(C)CCC#N)C(=O)O. The van der Waals surface area contributed by atoms with E-state index in [1.807, 2.05) is 13.0 Å². The Balaban J connectivity index is 4.18. The van der Waals surface area contributed by atoms with Gasteiger partial charge in [-0.05, 0) is 6.42 Å². The highest BCUT2D eigenvalue weighted by Gasteiger charge is 2.20. The summed E-state index contributed by atoms with van der Waals surface area (Å²) in [5, 5.41) is 19.6. The molecule has 0 aliphatic rings. The molecule has 0 aromatic rings. The van der Waals surface area contributed by atoms with Gasteiger partial charge >= 0.3 is 12.0 Å². The maximum absolute atomic E-state index is 11.5. The van der Waals surface area contributed by atoms with Crippen LogP contribution < -0.4 is 5.32 Å². The van der Waals surface area contributed by atoms with Gasteiger partial charge in [0.15, 0.2) is 0 Å². The van der Waals surface area contributed by atoms with E-state index in [1.54, 1.807) is 0 Å². The van der Waals surface area contributed by atoms with E-state index < -0.39 is 18.0 Å². The first-order valence-electron chi connectivity index (χ1n) is 5.14. The molecule has 0 saturated heterocycles. The second-order valence-corrected chi connectivity index (χ2v) is 3.46. The highest BCUT2D eigenvalue weighted by atomic mass is 16.4. The van der Waals surface area contributed by atoms with E-state index in [0.717, 1.165) is 0 Å². The Labute approximate surface area is 94.8 Å². The third-order valence-electron chi connectivity index (χ3n) is 2.08. The summed E-state index contributed by atoms with van der Waals surface area (Å²) in [6, 6.07) is 0.596. The molecule has 0 radical (unpaired) electrons. The quantitative estimate of drug-likeness (QED) is 0.701. The Morgan fingerprint density at radius 3 is 2.62 bits per heavy atom. The van der Waals surface area contributed by atoms with Crippen LogP contribution in [0.1, 0.15) is 26.2 Å². The minimum absolute atomic E-state index is 0.232. The van der Waals surface area contributed by atoms with Crippen LogP contribution in [0.5, 0.6) is 0 Å². The lowest BCUT2D eigenvalue weighted by Gasteiger charge is -2.20. The zero-order chi connectivity index (χ0) is 12.6. The molecule has 6 nitrogen and oxygen atoms in total. The van der Waals surface area contributed by atoms with Crippen LogP contribution in [0.4, 0.5) is 4.79 Å². The Hall–Kier alpha value is -1.77. The lowest BCUT2D eigenvalue weighted by molar-refractivity contribution is -0.139. The summed E-state index contributed by atoms with van der Waals surface area (Å²) in [4.78, 5) is 23.6. The molecule has 0 aliphatic carbocycles. The number of hydrogen-bond acceptors (Lipinski definition) is 3. The Kier molecular flexibility index (Phi) is 6.68. The summed E-state index contributed by atoms with van der Waals surface area (Å²) >= 11 is 0. The number of carbonyl (C=O) groups excluding carboxylic acids is 1. The number of nitriles is 1. The van der Waals surface area contributed by atoms with Crippen molar-refractivity contribution in [2.75, 3.05) is 13.6 Å². The average Bonchev–Trinajstić information content (AvgIpc) is 2.24. The number of carbonyl (C=O) groups is 2. The lowest BCUT2D eigenvalue weighted by Crippen LogP contribution is -2.46. The Morgan fingerprint density at radius 2 is 2.19 bits per heavy atom. The van der Waals surface area contributed by atoms with Crippen LogP contribution in [0.25, 0.3) is 0 Å². The van der Waals surface area contributed by atoms with E-state index >= 15 is 0 Å². The molecule has 0 fully saturated rings. The number of aliphatic carboxylic acids is 1. The average molecular weight is 227 g/mol. The molecule has 0 bridgehead atoms. The first-order chi connectivity index (χ1) is 7.52. The van der Waals surface area contributed by atoms with Gasteiger partial charge in [0.05, 0.1) is 12.5 Å². The fourth-order valence-electron chi connectivity index (χ4n) is 1.12. The number of carboxylic acid groups (broad SMARTS) is 1. The van der Waals surface area contributed by atoms with Crippen molar-refractivity contribution in [3.8, 4) is 6.07 Å². The van der Waals surface area contributed by atoms with Crippen molar-refractivity contribution >= 4 is 12.0 Å². The van der Waals surface area contributed by atoms with E-state index in [-0.39, 0.29) is 6.42 Å². The number of rotatable bonds is 6. The zero-order valence-electron chi connectivity index (χ0n) is 9.56. The topological polar surface area (TPSA) is 93.4 Å². The molecule has 0 aromatic heterocycles. The zero-order valence-corrected chi connectivity index (χ0v) is 9.56. The van der Waals surface area contributed by atoms with Gasteiger partial charge in [-0.3, -0.25) is 0 Å². The van der Waals surface area contributed by atoms with Gasteiger partial charge in [0.25, 0.3) is 0 Å². The standard InChI is InChI=1S/C10H17N3O3/c1-3-5-8(9(14)15)12-10(16)13(2)7-4-6-11/h8H,3-5,7H2,1-2H3,(H,12,16)(H,14,15)/t8-/m0/s1. The van der Waals surface area contributed by atoms with Crippen LogP contribution in [-0.4, -0.2) is 41.6 Å². The van der Waals surface area contributed by atoms with E-state index in [4.69, 9.17) is 10.4 Å². The van der Waals surface area contributed by atoms with Crippen molar-refractivity contribution in [1.29, 1.82) is 5.26 Å². The number of hydrogen-bond donors (Lipinski definition) is 2. The third kappa shape index (κ3) is 5.20. The first kappa shape index (κ1) is 14.2. The summed E-state index contributed by atoms with van der Waals surface area (Å²) in [5.41, 5.74) is 0. The minimum Gasteiger partial charge on any atom is -0.480 e. The number of amides is 2. The summed E-state index contributed by atoms with van der Waals surface area (Å²) in [6.45, 7) is 2.14. The fourth-order valence-corrected chi connectivity index (χ4v) is 1.12. The van der Waals surface area contributed by atoms with Crippen LogP contribution in [0.15, 0.2) is 0 Å². The molecule has 0 rings (SSSR count). The maximum atomic E-state index is 11.5.